The molecule has 0 atom stereocenters. The van der Waals surface area contributed by atoms with E-state index in [0.717, 1.165) is 17.7 Å². The van der Waals surface area contributed by atoms with Gasteiger partial charge in [0, 0.05) is 5.56 Å². The summed E-state index contributed by atoms with van der Waals surface area (Å²) in [5.74, 6) is 2.34. The molecule has 2 rings (SSSR count). The zero-order valence-corrected chi connectivity index (χ0v) is 11.1. The van der Waals surface area contributed by atoms with Gasteiger partial charge in [-0.2, -0.15) is 0 Å². The van der Waals surface area contributed by atoms with E-state index < -0.39 is 0 Å². The first-order valence-electron chi connectivity index (χ1n) is 5.83. The Hall–Kier alpha value is -2.30. The predicted molar refractivity (Wildman–Crippen MR) is 68.7 cm³/mol. The molecular formula is C14H15NO4. The van der Waals surface area contributed by atoms with E-state index in [4.69, 9.17) is 13.9 Å². The summed E-state index contributed by atoms with van der Waals surface area (Å²) in [7, 11) is 1.52. The monoisotopic (exact) mass is 261 g/mol. The molecule has 2 aromatic rings. The van der Waals surface area contributed by atoms with Crippen molar-refractivity contribution >= 4 is 6.29 Å². The number of aldehydes is 1. The number of hydrogen-bond acceptors (Lipinski definition) is 5. The van der Waals surface area contributed by atoms with Crippen LogP contribution in [0.5, 0.6) is 11.5 Å². The molecule has 0 aliphatic heterocycles. The summed E-state index contributed by atoms with van der Waals surface area (Å²) in [6.07, 6.45) is 0.757. The Morgan fingerprint density at radius 1 is 1.32 bits per heavy atom. The standard InChI is InChI=1S/C14H15NO4/c1-9-10(2)19-14(15-9)8-18-12-5-4-11(7-16)6-13(12)17-3/h4-7H,8H2,1-3H3. The highest BCUT2D eigenvalue weighted by atomic mass is 16.5. The van der Waals surface area contributed by atoms with E-state index in [2.05, 4.69) is 4.98 Å². The van der Waals surface area contributed by atoms with E-state index in [0.29, 0.717) is 23.0 Å². The highest BCUT2D eigenvalue weighted by molar-refractivity contribution is 5.76. The number of aromatic nitrogens is 1. The zero-order chi connectivity index (χ0) is 13.8. The molecule has 1 heterocycles. The minimum Gasteiger partial charge on any atom is -0.493 e. The van der Waals surface area contributed by atoms with Gasteiger partial charge in [-0.3, -0.25) is 4.79 Å². The highest BCUT2D eigenvalue weighted by Crippen LogP contribution is 2.28. The second-order valence-electron chi connectivity index (χ2n) is 4.07. The molecule has 0 spiro atoms. The van der Waals surface area contributed by atoms with Gasteiger partial charge in [-0.15, -0.1) is 0 Å². The fourth-order valence-electron chi connectivity index (χ4n) is 1.62. The number of rotatable bonds is 5. The number of methoxy groups -OCH3 is 1. The van der Waals surface area contributed by atoms with Gasteiger partial charge in [0.05, 0.1) is 12.8 Å². The Kier molecular flexibility index (Phi) is 3.85. The molecule has 0 fully saturated rings. The molecule has 1 aromatic heterocycles. The van der Waals surface area contributed by atoms with Crippen LogP contribution in [0, 0.1) is 13.8 Å². The van der Waals surface area contributed by atoms with Crippen LogP contribution in [-0.2, 0) is 6.61 Å². The Bertz CT molecular complexity index is 570. The van der Waals surface area contributed by atoms with Gasteiger partial charge in [0.25, 0.3) is 0 Å². The zero-order valence-electron chi connectivity index (χ0n) is 11.1. The van der Waals surface area contributed by atoms with E-state index in [1.165, 1.54) is 7.11 Å². The molecule has 0 amide bonds. The first kappa shape index (κ1) is 13.1. The lowest BCUT2D eigenvalue weighted by molar-refractivity contribution is 0.112. The van der Waals surface area contributed by atoms with Gasteiger partial charge in [0.15, 0.2) is 18.1 Å². The SMILES string of the molecule is COc1cc(C=O)ccc1OCc1nc(C)c(C)o1. The molecule has 0 radical (unpaired) electrons. The van der Waals surface area contributed by atoms with Crippen molar-refractivity contribution in [3.8, 4) is 11.5 Å². The molecule has 0 saturated carbocycles. The number of aryl methyl sites for hydroxylation is 2. The Balaban J connectivity index is 2.12. The van der Waals surface area contributed by atoms with Crippen molar-refractivity contribution in [3.63, 3.8) is 0 Å². The number of nitrogens with zero attached hydrogens (tertiary/aromatic N) is 1. The summed E-state index contributed by atoms with van der Waals surface area (Å²) in [5.41, 5.74) is 1.38. The maximum Gasteiger partial charge on any atom is 0.232 e. The van der Waals surface area contributed by atoms with Crippen LogP contribution in [0.4, 0.5) is 0 Å². The Labute approximate surface area is 111 Å². The molecular weight excluding hydrogens is 246 g/mol. The first-order valence-corrected chi connectivity index (χ1v) is 5.83. The molecule has 0 aliphatic rings. The van der Waals surface area contributed by atoms with Crippen molar-refractivity contribution in [1.29, 1.82) is 0 Å². The summed E-state index contributed by atoms with van der Waals surface area (Å²) >= 11 is 0. The van der Waals surface area contributed by atoms with Crippen LogP contribution in [-0.4, -0.2) is 18.4 Å². The Morgan fingerprint density at radius 2 is 2.11 bits per heavy atom. The fourth-order valence-corrected chi connectivity index (χ4v) is 1.62. The quantitative estimate of drug-likeness (QED) is 0.774. The average Bonchev–Trinajstić information content (AvgIpc) is 2.75. The van der Waals surface area contributed by atoms with E-state index in [9.17, 15) is 4.79 Å². The lowest BCUT2D eigenvalue weighted by Crippen LogP contribution is -1.98. The van der Waals surface area contributed by atoms with Gasteiger partial charge < -0.3 is 13.9 Å². The number of ether oxygens (including phenoxy) is 2. The van der Waals surface area contributed by atoms with Crippen molar-refractivity contribution in [2.75, 3.05) is 7.11 Å². The summed E-state index contributed by atoms with van der Waals surface area (Å²) in [6.45, 7) is 3.94. The average molecular weight is 261 g/mol. The third-order valence-electron chi connectivity index (χ3n) is 2.75. The maximum absolute atomic E-state index is 10.7. The van der Waals surface area contributed by atoms with Gasteiger partial charge in [0.1, 0.15) is 12.0 Å². The molecule has 1 aromatic carbocycles. The molecule has 0 saturated heterocycles. The Morgan fingerprint density at radius 3 is 2.68 bits per heavy atom. The van der Waals surface area contributed by atoms with Gasteiger partial charge in [0.2, 0.25) is 5.89 Å². The molecule has 0 N–H and O–H groups in total. The normalized spacial score (nSPS) is 10.3. The van der Waals surface area contributed by atoms with Crippen molar-refractivity contribution in [3.05, 3.63) is 41.1 Å². The molecule has 19 heavy (non-hydrogen) atoms. The van der Waals surface area contributed by atoms with Crippen LogP contribution < -0.4 is 9.47 Å². The van der Waals surface area contributed by atoms with Crippen molar-refractivity contribution in [2.24, 2.45) is 0 Å². The lowest BCUT2D eigenvalue weighted by atomic mass is 10.2. The fraction of sp³-hybridized carbons (Fsp3) is 0.286. The van der Waals surface area contributed by atoms with Gasteiger partial charge >= 0.3 is 0 Å². The molecule has 0 aliphatic carbocycles. The molecule has 5 heteroatoms. The summed E-state index contributed by atoms with van der Waals surface area (Å²) in [6, 6.07) is 4.97. The van der Waals surface area contributed by atoms with E-state index in [-0.39, 0.29) is 6.61 Å². The van der Waals surface area contributed by atoms with Crippen molar-refractivity contribution in [1.82, 2.24) is 4.98 Å². The lowest BCUT2D eigenvalue weighted by Gasteiger charge is -2.09. The number of benzene rings is 1. The second-order valence-corrected chi connectivity index (χ2v) is 4.07. The molecule has 5 nitrogen and oxygen atoms in total. The van der Waals surface area contributed by atoms with Crippen LogP contribution in [0.2, 0.25) is 0 Å². The molecule has 100 valence electrons. The molecule has 0 unspecified atom stereocenters. The second kappa shape index (κ2) is 5.56. The van der Waals surface area contributed by atoms with Crippen LogP contribution in [0.1, 0.15) is 27.7 Å². The van der Waals surface area contributed by atoms with Gasteiger partial charge in [-0.25, -0.2) is 4.98 Å². The highest BCUT2D eigenvalue weighted by Gasteiger charge is 2.09. The summed E-state index contributed by atoms with van der Waals surface area (Å²) in [5, 5.41) is 0. The first-order chi connectivity index (χ1) is 9.13. The van der Waals surface area contributed by atoms with Gasteiger partial charge in [-0.1, -0.05) is 0 Å². The minimum absolute atomic E-state index is 0.214. The van der Waals surface area contributed by atoms with E-state index in [1.54, 1.807) is 18.2 Å². The van der Waals surface area contributed by atoms with Crippen LogP contribution in [0.3, 0.4) is 0 Å². The smallest absolute Gasteiger partial charge is 0.232 e. The number of carbonyl (C=O) groups excluding carboxylic acids is 1. The number of hydrogen-bond donors (Lipinski definition) is 0. The third kappa shape index (κ3) is 2.93. The van der Waals surface area contributed by atoms with Crippen LogP contribution >= 0.6 is 0 Å². The number of carbonyl (C=O) groups is 1. The largest absolute Gasteiger partial charge is 0.493 e. The van der Waals surface area contributed by atoms with E-state index in [1.807, 2.05) is 13.8 Å². The predicted octanol–water partition coefficient (Wildman–Crippen LogP) is 2.69. The maximum atomic E-state index is 10.7. The van der Waals surface area contributed by atoms with Crippen LogP contribution in [0.25, 0.3) is 0 Å². The third-order valence-corrected chi connectivity index (χ3v) is 2.75. The van der Waals surface area contributed by atoms with E-state index >= 15 is 0 Å². The van der Waals surface area contributed by atoms with Crippen molar-refractivity contribution < 1.29 is 18.7 Å². The molecule has 0 bridgehead atoms. The number of oxazole rings is 1. The summed E-state index contributed by atoms with van der Waals surface area (Å²) in [4.78, 5) is 14.9. The van der Waals surface area contributed by atoms with Gasteiger partial charge in [-0.05, 0) is 32.0 Å². The van der Waals surface area contributed by atoms with Crippen molar-refractivity contribution in [2.45, 2.75) is 20.5 Å². The summed E-state index contributed by atoms with van der Waals surface area (Å²) < 4.78 is 16.2. The van der Waals surface area contributed by atoms with Crippen LogP contribution in [0.15, 0.2) is 22.6 Å². The topological polar surface area (TPSA) is 61.6 Å². The minimum atomic E-state index is 0.214.